The number of ether oxygens (including phenoxy) is 1. The SMILES string of the molecule is O=C(Cc1cccc(OC(F)(F)F)c1)N1CC[C@@H](O)C1. The highest BCUT2D eigenvalue weighted by atomic mass is 19.4. The van der Waals surface area contributed by atoms with Gasteiger partial charge >= 0.3 is 6.36 Å². The lowest BCUT2D eigenvalue weighted by atomic mass is 10.1. The number of hydrogen-bond donors (Lipinski definition) is 1. The van der Waals surface area contributed by atoms with E-state index in [1.807, 2.05) is 0 Å². The third-order valence-corrected chi connectivity index (χ3v) is 3.00. The van der Waals surface area contributed by atoms with Gasteiger partial charge in [0.2, 0.25) is 5.91 Å². The second kappa shape index (κ2) is 5.70. The number of hydrogen-bond acceptors (Lipinski definition) is 3. The van der Waals surface area contributed by atoms with Crippen LogP contribution >= 0.6 is 0 Å². The molecule has 1 aliphatic heterocycles. The number of carbonyl (C=O) groups is 1. The van der Waals surface area contributed by atoms with E-state index < -0.39 is 12.5 Å². The van der Waals surface area contributed by atoms with Crippen LogP contribution in [0.2, 0.25) is 0 Å². The van der Waals surface area contributed by atoms with Crippen molar-refractivity contribution in [1.29, 1.82) is 0 Å². The van der Waals surface area contributed by atoms with Crippen molar-refractivity contribution in [3.05, 3.63) is 29.8 Å². The number of carbonyl (C=O) groups excluding carboxylic acids is 1. The van der Waals surface area contributed by atoms with Crippen molar-refractivity contribution < 1.29 is 27.8 Å². The van der Waals surface area contributed by atoms with Gasteiger partial charge in [-0.25, -0.2) is 0 Å². The molecule has 4 nitrogen and oxygen atoms in total. The van der Waals surface area contributed by atoms with Gasteiger partial charge in [-0.2, -0.15) is 0 Å². The van der Waals surface area contributed by atoms with Gasteiger partial charge in [0.25, 0.3) is 0 Å². The lowest BCUT2D eigenvalue weighted by Crippen LogP contribution is -2.30. The first-order chi connectivity index (χ1) is 9.33. The van der Waals surface area contributed by atoms with Gasteiger partial charge in [-0.1, -0.05) is 12.1 Å². The van der Waals surface area contributed by atoms with E-state index in [-0.39, 0.29) is 24.6 Å². The van der Waals surface area contributed by atoms with Crippen LogP contribution in [-0.4, -0.2) is 41.5 Å². The second-order valence-electron chi connectivity index (χ2n) is 4.65. The van der Waals surface area contributed by atoms with Crippen molar-refractivity contribution in [1.82, 2.24) is 4.90 Å². The number of amides is 1. The minimum absolute atomic E-state index is 0.0121. The van der Waals surface area contributed by atoms with Crippen LogP contribution < -0.4 is 4.74 Å². The van der Waals surface area contributed by atoms with Crippen LogP contribution in [0.15, 0.2) is 24.3 Å². The Morgan fingerprint density at radius 2 is 2.20 bits per heavy atom. The van der Waals surface area contributed by atoms with Crippen LogP contribution in [0.1, 0.15) is 12.0 Å². The van der Waals surface area contributed by atoms with Crippen LogP contribution in [0.3, 0.4) is 0 Å². The summed E-state index contributed by atoms with van der Waals surface area (Å²) in [7, 11) is 0. The maximum Gasteiger partial charge on any atom is 0.573 e. The zero-order chi connectivity index (χ0) is 14.8. The normalized spacial score (nSPS) is 19.2. The Hall–Kier alpha value is -1.76. The molecule has 20 heavy (non-hydrogen) atoms. The number of β-amino-alcohol motifs (C(OH)–C–C–N with tert-alkyl or cyclic N) is 1. The van der Waals surface area contributed by atoms with Crippen LogP contribution in [-0.2, 0) is 11.2 Å². The minimum atomic E-state index is -4.75. The molecule has 1 amide bonds. The van der Waals surface area contributed by atoms with Gasteiger partial charge in [-0.3, -0.25) is 4.79 Å². The average molecular weight is 289 g/mol. The lowest BCUT2D eigenvalue weighted by Gasteiger charge is -2.16. The van der Waals surface area contributed by atoms with Crippen molar-refractivity contribution in [3.8, 4) is 5.75 Å². The summed E-state index contributed by atoms with van der Waals surface area (Å²) >= 11 is 0. The summed E-state index contributed by atoms with van der Waals surface area (Å²) in [6.07, 6.45) is -4.74. The van der Waals surface area contributed by atoms with Crippen molar-refractivity contribution in [2.75, 3.05) is 13.1 Å². The predicted octanol–water partition coefficient (Wildman–Crippen LogP) is 1.72. The zero-order valence-corrected chi connectivity index (χ0v) is 10.6. The number of halogens is 3. The van der Waals surface area contributed by atoms with Crippen molar-refractivity contribution in [2.24, 2.45) is 0 Å². The molecule has 0 radical (unpaired) electrons. The molecule has 7 heteroatoms. The summed E-state index contributed by atoms with van der Waals surface area (Å²) in [5.74, 6) is -0.560. The summed E-state index contributed by atoms with van der Waals surface area (Å²) in [5.41, 5.74) is 0.443. The minimum Gasteiger partial charge on any atom is -0.406 e. The predicted molar refractivity (Wildman–Crippen MR) is 64.0 cm³/mol. The molecule has 0 spiro atoms. The van der Waals surface area contributed by atoms with Crippen LogP contribution in [0, 0.1) is 0 Å². The first-order valence-corrected chi connectivity index (χ1v) is 6.14. The van der Waals surface area contributed by atoms with Gasteiger partial charge in [-0.15, -0.1) is 13.2 Å². The Balaban J connectivity index is 1.99. The molecular formula is C13H14F3NO3. The van der Waals surface area contributed by atoms with Crippen LogP contribution in [0.4, 0.5) is 13.2 Å². The Morgan fingerprint density at radius 3 is 2.80 bits per heavy atom. The first-order valence-electron chi connectivity index (χ1n) is 6.14. The number of likely N-dealkylation sites (tertiary alicyclic amines) is 1. The number of aliphatic hydroxyl groups excluding tert-OH is 1. The van der Waals surface area contributed by atoms with Crippen molar-refractivity contribution in [3.63, 3.8) is 0 Å². The summed E-state index contributed by atoms with van der Waals surface area (Å²) in [6, 6.07) is 5.34. The molecule has 0 aromatic heterocycles. The molecule has 1 fully saturated rings. The number of nitrogens with zero attached hydrogens (tertiary/aromatic N) is 1. The third-order valence-electron chi connectivity index (χ3n) is 3.00. The fraction of sp³-hybridized carbons (Fsp3) is 0.462. The van der Waals surface area contributed by atoms with Gasteiger partial charge in [0, 0.05) is 13.1 Å². The third kappa shape index (κ3) is 4.12. The molecule has 0 saturated carbocycles. The summed E-state index contributed by atoms with van der Waals surface area (Å²) in [6.45, 7) is 0.746. The van der Waals surface area contributed by atoms with E-state index in [4.69, 9.17) is 0 Å². The van der Waals surface area contributed by atoms with Gasteiger partial charge in [0.05, 0.1) is 12.5 Å². The molecule has 1 aromatic carbocycles. The summed E-state index contributed by atoms with van der Waals surface area (Å²) in [4.78, 5) is 13.4. The fourth-order valence-corrected chi connectivity index (χ4v) is 2.11. The zero-order valence-electron chi connectivity index (χ0n) is 10.6. The highest BCUT2D eigenvalue weighted by Gasteiger charge is 2.31. The smallest absolute Gasteiger partial charge is 0.406 e. The molecule has 2 rings (SSSR count). The Bertz CT molecular complexity index is 490. The van der Waals surface area contributed by atoms with Gasteiger partial charge in [0.1, 0.15) is 5.75 Å². The second-order valence-corrected chi connectivity index (χ2v) is 4.65. The average Bonchev–Trinajstić information content (AvgIpc) is 2.74. The monoisotopic (exact) mass is 289 g/mol. The Kier molecular flexibility index (Phi) is 4.17. The van der Waals surface area contributed by atoms with E-state index >= 15 is 0 Å². The quantitative estimate of drug-likeness (QED) is 0.922. The maximum atomic E-state index is 12.1. The summed E-state index contributed by atoms with van der Waals surface area (Å²) in [5, 5.41) is 9.35. The molecular weight excluding hydrogens is 275 g/mol. The molecule has 0 aliphatic carbocycles. The molecule has 1 aliphatic rings. The van der Waals surface area contributed by atoms with E-state index in [1.165, 1.54) is 23.1 Å². The van der Waals surface area contributed by atoms with E-state index in [0.29, 0.717) is 18.5 Å². The Morgan fingerprint density at radius 1 is 1.45 bits per heavy atom. The molecule has 1 aromatic rings. The van der Waals surface area contributed by atoms with Crippen LogP contribution in [0.25, 0.3) is 0 Å². The van der Waals surface area contributed by atoms with E-state index in [2.05, 4.69) is 4.74 Å². The van der Waals surface area contributed by atoms with Crippen molar-refractivity contribution >= 4 is 5.91 Å². The fourth-order valence-electron chi connectivity index (χ4n) is 2.11. The number of aliphatic hydroxyl groups is 1. The molecule has 1 atom stereocenters. The van der Waals surface area contributed by atoms with E-state index in [0.717, 1.165) is 0 Å². The van der Waals surface area contributed by atoms with E-state index in [9.17, 15) is 23.1 Å². The van der Waals surface area contributed by atoms with Gasteiger partial charge in [0.15, 0.2) is 0 Å². The highest BCUT2D eigenvalue weighted by Crippen LogP contribution is 2.23. The number of alkyl halides is 3. The number of rotatable bonds is 3. The molecule has 1 heterocycles. The van der Waals surface area contributed by atoms with Crippen molar-refractivity contribution in [2.45, 2.75) is 25.3 Å². The van der Waals surface area contributed by atoms with Crippen LogP contribution in [0.5, 0.6) is 5.75 Å². The van der Waals surface area contributed by atoms with Gasteiger partial charge < -0.3 is 14.7 Å². The number of benzene rings is 1. The standard InChI is InChI=1S/C13H14F3NO3/c14-13(15,16)20-11-3-1-2-9(6-11)7-12(19)17-5-4-10(18)8-17/h1-3,6,10,18H,4-5,7-8H2/t10-/m1/s1. The summed E-state index contributed by atoms with van der Waals surface area (Å²) < 4.78 is 40.1. The Labute approximate surface area is 113 Å². The first kappa shape index (κ1) is 14.6. The highest BCUT2D eigenvalue weighted by molar-refractivity contribution is 5.79. The lowest BCUT2D eigenvalue weighted by molar-refractivity contribution is -0.274. The molecule has 1 N–H and O–H groups in total. The van der Waals surface area contributed by atoms with Gasteiger partial charge in [-0.05, 0) is 24.1 Å². The molecule has 0 bridgehead atoms. The molecule has 110 valence electrons. The maximum absolute atomic E-state index is 12.1. The van der Waals surface area contributed by atoms with E-state index in [1.54, 1.807) is 6.07 Å². The molecule has 0 unspecified atom stereocenters. The molecule has 1 saturated heterocycles. The largest absolute Gasteiger partial charge is 0.573 e. The topological polar surface area (TPSA) is 49.8 Å².